The lowest BCUT2D eigenvalue weighted by atomic mass is 10.2. The van der Waals surface area contributed by atoms with Crippen molar-refractivity contribution in [1.29, 1.82) is 0 Å². The number of amides is 1. The van der Waals surface area contributed by atoms with E-state index < -0.39 is 0 Å². The van der Waals surface area contributed by atoms with Crippen LogP contribution in [-0.2, 0) is 16.6 Å². The highest BCUT2D eigenvalue weighted by atomic mass is 35.5. The first-order chi connectivity index (χ1) is 14.0. The number of benzene rings is 2. The normalized spacial score (nSPS) is 10.6. The number of carbonyl (C=O) groups is 2. The average molecular weight is 430 g/mol. The van der Waals surface area contributed by atoms with E-state index in [0.717, 1.165) is 16.4 Å². The van der Waals surface area contributed by atoms with Crippen LogP contribution in [0.1, 0.15) is 17.3 Å². The van der Waals surface area contributed by atoms with Crippen molar-refractivity contribution < 1.29 is 14.3 Å². The molecule has 8 heteroatoms. The third kappa shape index (κ3) is 5.40. The molecular formula is C21H20ClN3O3S. The maximum atomic E-state index is 12.3. The molecule has 0 bridgehead atoms. The van der Waals surface area contributed by atoms with Crippen molar-refractivity contribution >= 4 is 40.9 Å². The number of esters is 1. The maximum Gasteiger partial charge on any atom is 0.338 e. The summed E-state index contributed by atoms with van der Waals surface area (Å²) in [6, 6.07) is 14.1. The van der Waals surface area contributed by atoms with E-state index in [1.54, 1.807) is 37.4 Å². The second-order valence-electron chi connectivity index (χ2n) is 6.13. The van der Waals surface area contributed by atoms with Gasteiger partial charge in [0.1, 0.15) is 0 Å². The van der Waals surface area contributed by atoms with Crippen LogP contribution < -0.4 is 5.32 Å². The van der Waals surface area contributed by atoms with Crippen molar-refractivity contribution in [3.8, 4) is 11.3 Å². The van der Waals surface area contributed by atoms with Crippen LogP contribution in [0.15, 0.2) is 59.9 Å². The number of thioether (sulfide) groups is 1. The van der Waals surface area contributed by atoms with Crippen LogP contribution in [-0.4, -0.2) is 33.8 Å². The Hall–Kier alpha value is -2.77. The zero-order valence-electron chi connectivity index (χ0n) is 16.0. The minimum absolute atomic E-state index is 0.157. The lowest BCUT2D eigenvalue weighted by Crippen LogP contribution is -2.14. The van der Waals surface area contributed by atoms with Gasteiger partial charge < -0.3 is 14.6 Å². The van der Waals surface area contributed by atoms with Gasteiger partial charge in [-0.05, 0) is 48.9 Å². The Morgan fingerprint density at radius 1 is 1.14 bits per heavy atom. The summed E-state index contributed by atoms with van der Waals surface area (Å²) in [5.74, 6) is -0.327. The van der Waals surface area contributed by atoms with E-state index in [1.807, 2.05) is 35.9 Å². The Balaban J connectivity index is 1.57. The molecule has 1 aromatic heterocycles. The molecule has 1 N–H and O–H groups in total. The van der Waals surface area contributed by atoms with Gasteiger partial charge in [0.15, 0.2) is 5.16 Å². The molecular weight excluding hydrogens is 410 g/mol. The van der Waals surface area contributed by atoms with Crippen LogP contribution in [0, 0.1) is 0 Å². The molecule has 0 radical (unpaired) electrons. The standard InChI is InChI=1S/C21H20ClN3O3S/c1-3-28-20(27)15-6-10-17(11-7-15)24-19(26)13-29-21-23-12-18(25(21)2)14-4-8-16(22)9-5-14/h4-12H,3,13H2,1-2H3,(H,24,26). The number of imidazole rings is 1. The van der Waals surface area contributed by atoms with Gasteiger partial charge in [0.25, 0.3) is 0 Å². The summed E-state index contributed by atoms with van der Waals surface area (Å²) in [5.41, 5.74) is 3.01. The highest BCUT2D eigenvalue weighted by Gasteiger charge is 2.12. The number of hydrogen-bond donors (Lipinski definition) is 1. The Morgan fingerprint density at radius 2 is 1.83 bits per heavy atom. The molecule has 0 saturated heterocycles. The Kier molecular flexibility index (Phi) is 6.95. The number of rotatable bonds is 7. The molecule has 0 aliphatic heterocycles. The monoisotopic (exact) mass is 429 g/mol. The minimum Gasteiger partial charge on any atom is -0.462 e. The Morgan fingerprint density at radius 3 is 2.48 bits per heavy atom. The lowest BCUT2D eigenvalue weighted by molar-refractivity contribution is -0.113. The SMILES string of the molecule is CCOC(=O)c1ccc(NC(=O)CSc2ncc(-c3ccc(Cl)cc3)n2C)cc1. The third-order valence-electron chi connectivity index (χ3n) is 4.10. The number of halogens is 1. The first-order valence-electron chi connectivity index (χ1n) is 8.95. The summed E-state index contributed by atoms with van der Waals surface area (Å²) in [5, 5.41) is 4.23. The molecule has 0 aliphatic rings. The lowest BCUT2D eigenvalue weighted by Gasteiger charge is -2.08. The largest absolute Gasteiger partial charge is 0.462 e. The summed E-state index contributed by atoms with van der Waals surface area (Å²) >= 11 is 7.29. The number of anilines is 1. The molecule has 0 unspecified atom stereocenters. The molecule has 1 amide bonds. The zero-order valence-corrected chi connectivity index (χ0v) is 17.6. The van der Waals surface area contributed by atoms with Crippen molar-refractivity contribution in [2.45, 2.75) is 12.1 Å². The van der Waals surface area contributed by atoms with Crippen molar-refractivity contribution in [2.24, 2.45) is 7.05 Å². The van der Waals surface area contributed by atoms with E-state index in [1.165, 1.54) is 11.8 Å². The predicted octanol–water partition coefficient (Wildman–Crippen LogP) is 4.65. The van der Waals surface area contributed by atoms with Gasteiger partial charge >= 0.3 is 5.97 Å². The number of aromatic nitrogens is 2. The van der Waals surface area contributed by atoms with Gasteiger partial charge in [-0.1, -0.05) is 35.5 Å². The number of hydrogen-bond acceptors (Lipinski definition) is 5. The van der Waals surface area contributed by atoms with E-state index in [4.69, 9.17) is 16.3 Å². The molecule has 3 rings (SSSR count). The molecule has 0 spiro atoms. The molecule has 3 aromatic rings. The van der Waals surface area contributed by atoms with Gasteiger partial charge in [-0.2, -0.15) is 0 Å². The topological polar surface area (TPSA) is 73.2 Å². The molecule has 0 aliphatic carbocycles. The predicted molar refractivity (Wildman–Crippen MR) is 115 cm³/mol. The van der Waals surface area contributed by atoms with Gasteiger partial charge in [0.2, 0.25) is 5.91 Å². The van der Waals surface area contributed by atoms with Crippen LogP contribution in [0.4, 0.5) is 5.69 Å². The van der Waals surface area contributed by atoms with Crippen LogP contribution >= 0.6 is 23.4 Å². The molecule has 0 atom stereocenters. The van der Waals surface area contributed by atoms with Crippen molar-refractivity contribution in [2.75, 3.05) is 17.7 Å². The van der Waals surface area contributed by atoms with Crippen LogP contribution in [0.5, 0.6) is 0 Å². The smallest absolute Gasteiger partial charge is 0.338 e. The van der Waals surface area contributed by atoms with E-state index in [9.17, 15) is 9.59 Å². The maximum absolute atomic E-state index is 12.3. The van der Waals surface area contributed by atoms with Crippen molar-refractivity contribution in [1.82, 2.24) is 9.55 Å². The quantitative estimate of drug-likeness (QED) is 0.437. The Bertz CT molecular complexity index is 1000. The number of nitrogens with zero attached hydrogens (tertiary/aromatic N) is 2. The molecule has 2 aromatic carbocycles. The van der Waals surface area contributed by atoms with Gasteiger partial charge in [-0.3, -0.25) is 4.79 Å². The average Bonchev–Trinajstić information content (AvgIpc) is 3.08. The first-order valence-corrected chi connectivity index (χ1v) is 10.3. The van der Waals surface area contributed by atoms with Crippen molar-refractivity contribution in [3.05, 3.63) is 65.3 Å². The number of ether oxygens (including phenoxy) is 1. The molecule has 29 heavy (non-hydrogen) atoms. The highest BCUT2D eigenvalue weighted by Crippen LogP contribution is 2.26. The van der Waals surface area contributed by atoms with E-state index in [-0.39, 0.29) is 17.6 Å². The molecule has 0 fully saturated rings. The van der Waals surface area contributed by atoms with E-state index in [0.29, 0.717) is 22.9 Å². The molecule has 1 heterocycles. The van der Waals surface area contributed by atoms with Crippen LogP contribution in [0.25, 0.3) is 11.3 Å². The number of nitrogens with one attached hydrogen (secondary N) is 1. The molecule has 150 valence electrons. The molecule has 0 saturated carbocycles. The highest BCUT2D eigenvalue weighted by molar-refractivity contribution is 7.99. The second kappa shape index (κ2) is 9.62. The molecule has 6 nitrogen and oxygen atoms in total. The fraction of sp³-hybridized carbons (Fsp3) is 0.190. The van der Waals surface area contributed by atoms with Crippen LogP contribution in [0.2, 0.25) is 5.02 Å². The summed E-state index contributed by atoms with van der Waals surface area (Å²) in [4.78, 5) is 28.3. The minimum atomic E-state index is -0.382. The van der Waals surface area contributed by atoms with Crippen molar-refractivity contribution in [3.63, 3.8) is 0 Å². The summed E-state index contributed by atoms with van der Waals surface area (Å²) in [6.07, 6.45) is 1.78. The van der Waals surface area contributed by atoms with E-state index in [2.05, 4.69) is 10.3 Å². The summed E-state index contributed by atoms with van der Waals surface area (Å²) < 4.78 is 6.88. The first kappa shape index (κ1) is 21.0. The van der Waals surface area contributed by atoms with Gasteiger partial charge in [0, 0.05) is 17.8 Å². The fourth-order valence-corrected chi connectivity index (χ4v) is 3.52. The third-order valence-corrected chi connectivity index (χ3v) is 5.39. The van der Waals surface area contributed by atoms with Crippen LogP contribution in [0.3, 0.4) is 0 Å². The summed E-state index contributed by atoms with van der Waals surface area (Å²) in [6.45, 7) is 2.08. The fourth-order valence-electron chi connectivity index (χ4n) is 2.65. The zero-order chi connectivity index (χ0) is 20.8. The summed E-state index contributed by atoms with van der Waals surface area (Å²) in [7, 11) is 1.91. The van der Waals surface area contributed by atoms with Gasteiger partial charge in [0.05, 0.1) is 29.8 Å². The van der Waals surface area contributed by atoms with Gasteiger partial charge in [-0.25, -0.2) is 9.78 Å². The Labute approximate surface area is 178 Å². The van der Waals surface area contributed by atoms with E-state index >= 15 is 0 Å². The second-order valence-corrected chi connectivity index (χ2v) is 7.51. The van der Waals surface area contributed by atoms with Gasteiger partial charge in [-0.15, -0.1) is 0 Å². The number of carbonyl (C=O) groups excluding carboxylic acids is 2.